The molecule has 0 radical (unpaired) electrons. The first-order valence-corrected chi connectivity index (χ1v) is 9.19. The summed E-state index contributed by atoms with van der Waals surface area (Å²) in [6.45, 7) is 1.54. The van der Waals surface area contributed by atoms with E-state index in [1.54, 1.807) is 24.3 Å². The molecule has 0 saturated heterocycles. The lowest BCUT2D eigenvalue weighted by Crippen LogP contribution is -2.24. The lowest BCUT2D eigenvalue weighted by molar-refractivity contribution is -0.137. The fourth-order valence-corrected chi connectivity index (χ4v) is 2.93. The molecule has 9 heteroatoms. The average Bonchev–Trinajstić information content (AvgIpc) is 2.61. The Morgan fingerprint density at radius 2 is 1.70 bits per heavy atom. The van der Waals surface area contributed by atoms with Crippen molar-refractivity contribution in [3.8, 4) is 0 Å². The fourth-order valence-electron chi connectivity index (χ4n) is 2.06. The van der Waals surface area contributed by atoms with E-state index >= 15 is 0 Å². The quantitative estimate of drug-likeness (QED) is 0.638. The Kier molecular flexibility index (Phi) is 7.15. The second-order valence-corrected chi connectivity index (χ2v) is 7.09. The topological polar surface area (TPSA) is 58.2 Å². The van der Waals surface area contributed by atoms with Gasteiger partial charge in [-0.3, -0.25) is 9.59 Å². The predicted molar refractivity (Wildman–Crippen MR) is 102 cm³/mol. The van der Waals surface area contributed by atoms with E-state index in [2.05, 4.69) is 10.6 Å². The van der Waals surface area contributed by atoms with Gasteiger partial charge in [-0.25, -0.2) is 0 Å². The molecule has 0 aliphatic carbocycles. The van der Waals surface area contributed by atoms with Gasteiger partial charge in [0.15, 0.2) is 0 Å². The van der Waals surface area contributed by atoms with E-state index in [0.29, 0.717) is 10.7 Å². The van der Waals surface area contributed by atoms with Crippen LogP contribution >= 0.6 is 23.4 Å². The zero-order chi connectivity index (χ0) is 20.0. The van der Waals surface area contributed by atoms with Crippen molar-refractivity contribution in [2.75, 3.05) is 16.4 Å². The van der Waals surface area contributed by atoms with Crippen LogP contribution in [-0.4, -0.2) is 16.9 Å². The number of nitrogens with one attached hydrogen (secondary N) is 2. The molecule has 2 aromatic carbocycles. The molecule has 0 bridgehead atoms. The van der Waals surface area contributed by atoms with Crippen LogP contribution in [0.1, 0.15) is 12.5 Å². The molecule has 0 aliphatic heterocycles. The van der Waals surface area contributed by atoms with Crippen molar-refractivity contribution in [2.45, 2.75) is 13.1 Å². The summed E-state index contributed by atoms with van der Waals surface area (Å²) < 4.78 is 38.9. The first-order valence-electron chi connectivity index (χ1n) is 7.83. The minimum atomic E-state index is -4.57. The molecule has 0 saturated carbocycles. The van der Waals surface area contributed by atoms with Crippen LogP contribution in [0.3, 0.4) is 0 Å². The standard InChI is InChI=1S/C18H16ClF3N2O2S/c1-11(10-27-17(26)23-13-8-6-12(19)7-9-13)16(25)24-15-5-3-2-4-14(15)18(20,21)22/h2-9,11H,10H2,1H3,(H,23,26)(H,24,25). The van der Waals surface area contributed by atoms with Gasteiger partial charge in [0.1, 0.15) is 0 Å². The maximum atomic E-state index is 13.0. The van der Waals surface area contributed by atoms with Crippen LogP contribution in [-0.2, 0) is 11.0 Å². The van der Waals surface area contributed by atoms with E-state index in [1.807, 2.05) is 0 Å². The number of hydrogen-bond acceptors (Lipinski definition) is 3. The molecule has 2 aromatic rings. The molecular weight excluding hydrogens is 401 g/mol. The number of carbonyl (C=O) groups is 2. The lowest BCUT2D eigenvalue weighted by Gasteiger charge is -2.16. The Balaban J connectivity index is 1.89. The average molecular weight is 417 g/mol. The summed E-state index contributed by atoms with van der Waals surface area (Å²) >= 11 is 6.62. The van der Waals surface area contributed by atoms with Crippen LogP contribution in [0.25, 0.3) is 0 Å². The van der Waals surface area contributed by atoms with Crippen LogP contribution in [0.15, 0.2) is 48.5 Å². The summed E-state index contributed by atoms with van der Waals surface area (Å²) in [5.74, 6) is -1.16. The smallest absolute Gasteiger partial charge is 0.325 e. The Labute approximate surface area is 163 Å². The highest BCUT2D eigenvalue weighted by atomic mass is 35.5. The predicted octanol–water partition coefficient (Wildman–Crippen LogP) is 5.90. The summed E-state index contributed by atoms with van der Waals surface area (Å²) in [7, 11) is 0. The number of hydrogen-bond donors (Lipinski definition) is 2. The second-order valence-electron chi connectivity index (χ2n) is 5.66. The van der Waals surface area contributed by atoms with Crippen LogP contribution in [0, 0.1) is 5.92 Å². The number of thioether (sulfide) groups is 1. The molecule has 144 valence electrons. The molecule has 0 aromatic heterocycles. The molecule has 2 N–H and O–H groups in total. The number of benzene rings is 2. The summed E-state index contributed by atoms with van der Waals surface area (Å²) in [6, 6.07) is 11.2. The van der Waals surface area contributed by atoms with E-state index in [4.69, 9.17) is 11.6 Å². The number of alkyl halides is 3. The molecule has 0 heterocycles. The number of rotatable bonds is 5. The Morgan fingerprint density at radius 1 is 1.07 bits per heavy atom. The minimum absolute atomic E-state index is 0.111. The van der Waals surface area contributed by atoms with E-state index in [0.717, 1.165) is 17.8 Å². The van der Waals surface area contributed by atoms with Gasteiger partial charge in [0.25, 0.3) is 5.24 Å². The number of carbonyl (C=O) groups excluding carboxylic acids is 2. The summed E-state index contributed by atoms with van der Waals surface area (Å²) in [5.41, 5.74) is -0.677. The highest BCUT2D eigenvalue weighted by Gasteiger charge is 2.33. The van der Waals surface area contributed by atoms with Gasteiger partial charge in [-0.15, -0.1) is 0 Å². The number of para-hydroxylation sites is 1. The largest absolute Gasteiger partial charge is 0.418 e. The van der Waals surface area contributed by atoms with E-state index in [1.165, 1.54) is 25.1 Å². The third kappa shape index (κ3) is 6.48. The third-order valence-electron chi connectivity index (χ3n) is 3.49. The molecule has 27 heavy (non-hydrogen) atoms. The number of anilines is 2. The maximum absolute atomic E-state index is 13.0. The van der Waals surface area contributed by atoms with Gasteiger partial charge in [-0.1, -0.05) is 42.4 Å². The molecule has 2 rings (SSSR count). The van der Waals surface area contributed by atoms with Gasteiger partial charge in [0.05, 0.1) is 11.3 Å². The van der Waals surface area contributed by atoms with Crippen LogP contribution in [0.2, 0.25) is 5.02 Å². The van der Waals surface area contributed by atoms with Crippen molar-refractivity contribution in [3.05, 3.63) is 59.1 Å². The molecule has 0 aliphatic rings. The first kappa shape index (κ1) is 21.1. The van der Waals surface area contributed by atoms with Gasteiger partial charge in [0, 0.05) is 22.4 Å². The normalized spacial score (nSPS) is 12.3. The van der Waals surface area contributed by atoms with Gasteiger partial charge in [-0.05, 0) is 36.4 Å². The van der Waals surface area contributed by atoms with Crippen molar-refractivity contribution in [1.29, 1.82) is 0 Å². The van der Waals surface area contributed by atoms with Crippen molar-refractivity contribution in [2.24, 2.45) is 5.92 Å². The summed E-state index contributed by atoms with van der Waals surface area (Å²) in [6.07, 6.45) is -4.57. The van der Waals surface area contributed by atoms with E-state index in [-0.39, 0.29) is 16.7 Å². The van der Waals surface area contributed by atoms with Crippen LogP contribution in [0.5, 0.6) is 0 Å². The molecule has 1 unspecified atom stereocenters. The van der Waals surface area contributed by atoms with Gasteiger partial charge in [0.2, 0.25) is 5.91 Å². The monoisotopic (exact) mass is 416 g/mol. The number of halogens is 4. The van der Waals surface area contributed by atoms with Crippen molar-refractivity contribution in [3.63, 3.8) is 0 Å². The highest BCUT2D eigenvalue weighted by Crippen LogP contribution is 2.34. The zero-order valence-electron chi connectivity index (χ0n) is 14.1. The Bertz CT molecular complexity index is 813. The second kappa shape index (κ2) is 9.14. The summed E-state index contributed by atoms with van der Waals surface area (Å²) in [4.78, 5) is 24.1. The van der Waals surface area contributed by atoms with Crippen LogP contribution in [0.4, 0.5) is 29.3 Å². The fraction of sp³-hybridized carbons (Fsp3) is 0.222. The van der Waals surface area contributed by atoms with Crippen molar-refractivity contribution < 1.29 is 22.8 Å². The first-order chi connectivity index (χ1) is 12.7. The van der Waals surface area contributed by atoms with Gasteiger partial charge in [-0.2, -0.15) is 13.2 Å². The van der Waals surface area contributed by atoms with Crippen molar-refractivity contribution >= 4 is 45.9 Å². The third-order valence-corrected chi connectivity index (χ3v) is 4.78. The highest BCUT2D eigenvalue weighted by molar-refractivity contribution is 8.13. The molecule has 2 amide bonds. The zero-order valence-corrected chi connectivity index (χ0v) is 15.7. The molecule has 1 atom stereocenters. The maximum Gasteiger partial charge on any atom is 0.418 e. The Morgan fingerprint density at radius 3 is 2.33 bits per heavy atom. The van der Waals surface area contributed by atoms with Gasteiger partial charge < -0.3 is 10.6 Å². The molecule has 4 nitrogen and oxygen atoms in total. The molecule has 0 spiro atoms. The van der Waals surface area contributed by atoms with E-state index < -0.39 is 23.6 Å². The molecular formula is C18H16ClF3N2O2S. The Hall–Kier alpha value is -2.19. The summed E-state index contributed by atoms with van der Waals surface area (Å²) in [5, 5.41) is 5.06. The lowest BCUT2D eigenvalue weighted by atomic mass is 10.1. The molecule has 0 fully saturated rings. The minimum Gasteiger partial charge on any atom is -0.325 e. The van der Waals surface area contributed by atoms with Crippen molar-refractivity contribution in [1.82, 2.24) is 0 Å². The van der Waals surface area contributed by atoms with E-state index in [9.17, 15) is 22.8 Å². The van der Waals surface area contributed by atoms with Gasteiger partial charge >= 0.3 is 6.18 Å². The van der Waals surface area contributed by atoms with Crippen LogP contribution < -0.4 is 10.6 Å². The number of amides is 2. The SMILES string of the molecule is CC(CSC(=O)Nc1ccc(Cl)cc1)C(=O)Nc1ccccc1C(F)(F)F.